The van der Waals surface area contributed by atoms with Crippen LogP contribution in [0.2, 0.25) is 0 Å². The number of rotatable bonds is 1. The Hall–Kier alpha value is -1.04. The molecule has 0 spiro atoms. The summed E-state index contributed by atoms with van der Waals surface area (Å²) in [6, 6.07) is 4.67. The van der Waals surface area contributed by atoms with Crippen LogP contribution < -0.4 is 5.73 Å². The number of hydrogen-bond acceptors (Lipinski definition) is 4. The van der Waals surface area contributed by atoms with E-state index in [1.807, 2.05) is 0 Å². The Morgan fingerprint density at radius 3 is 2.88 bits per heavy atom. The number of aromatic nitrogens is 1. The summed E-state index contributed by atoms with van der Waals surface area (Å²) in [5.41, 5.74) is 6.65. The molecule has 17 heavy (non-hydrogen) atoms. The Kier molecular flexibility index (Phi) is 2.61. The molecular formula is C12H13FN2OS. The zero-order valence-corrected chi connectivity index (χ0v) is 10.1. The summed E-state index contributed by atoms with van der Waals surface area (Å²) >= 11 is 1.55. The quantitative estimate of drug-likeness (QED) is 0.847. The SMILES string of the molecule is NC1(c2nc3cc(F)ccc3s2)CCOCC1. The van der Waals surface area contributed by atoms with Gasteiger partial charge in [0.15, 0.2) is 0 Å². The van der Waals surface area contributed by atoms with E-state index in [0.717, 1.165) is 22.5 Å². The van der Waals surface area contributed by atoms with Crippen LogP contribution in [0.1, 0.15) is 17.8 Å². The highest BCUT2D eigenvalue weighted by Crippen LogP contribution is 2.34. The smallest absolute Gasteiger partial charge is 0.125 e. The van der Waals surface area contributed by atoms with Crippen LogP contribution in [-0.2, 0) is 10.3 Å². The lowest BCUT2D eigenvalue weighted by atomic mass is 9.92. The molecule has 0 amide bonds. The van der Waals surface area contributed by atoms with E-state index in [4.69, 9.17) is 10.5 Å². The molecule has 1 aromatic heterocycles. The lowest BCUT2D eigenvalue weighted by Crippen LogP contribution is -2.42. The third-order valence-electron chi connectivity index (χ3n) is 3.16. The molecule has 2 aromatic rings. The highest BCUT2D eigenvalue weighted by atomic mass is 32.1. The molecule has 0 saturated carbocycles. The summed E-state index contributed by atoms with van der Waals surface area (Å²) in [5.74, 6) is -0.257. The van der Waals surface area contributed by atoms with E-state index in [-0.39, 0.29) is 5.82 Å². The highest BCUT2D eigenvalue weighted by molar-refractivity contribution is 7.18. The third-order valence-corrected chi connectivity index (χ3v) is 4.42. The molecule has 1 aliphatic heterocycles. The average Bonchev–Trinajstić information content (AvgIpc) is 2.73. The van der Waals surface area contributed by atoms with Crippen LogP contribution in [0.25, 0.3) is 10.2 Å². The van der Waals surface area contributed by atoms with Gasteiger partial charge in [0.2, 0.25) is 0 Å². The second kappa shape index (κ2) is 4.01. The summed E-state index contributed by atoms with van der Waals surface area (Å²) < 4.78 is 19.4. The van der Waals surface area contributed by atoms with Crippen molar-refractivity contribution < 1.29 is 9.13 Å². The highest BCUT2D eigenvalue weighted by Gasteiger charge is 2.33. The Morgan fingerprint density at radius 1 is 1.35 bits per heavy atom. The van der Waals surface area contributed by atoms with Crippen molar-refractivity contribution in [1.82, 2.24) is 4.98 Å². The summed E-state index contributed by atoms with van der Waals surface area (Å²) in [7, 11) is 0. The van der Waals surface area contributed by atoms with Crippen LogP contribution >= 0.6 is 11.3 Å². The van der Waals surface area contributed by atoms with Gasteiger partial charge in [-0.25, -0.2) is 9.37 Å². The molecule has 3 rings (SSSR count). The molecule has 2 N–H and O–H groups in total. The van der Waals surface area contributed by atoms with Gasteiger partial charge in [0.1, 0.15) is 10.8 Å². The molecule has 5 heteroatoms. The largest absolute Gasteiger partial charge is 0.381 e. The first-order valence-corrected chi connectivity index (χ1v) is 6.42. The number of halogens is 1. The van der Waals surface area contributed by atoms with Crippen LogP contribution in [0, 0.1) is 5.82 Å². The molecule has 0 bridgehead atoms. The van der Waals surface area contributed by atoms with Crippen molar-refractivity contribution in [2.24, 2.45) is 5.73 Å². The fourth-order valence-electron chi connectivity index (χ4n) is 2.06. The summed E-state index contributed by atoms with van der Waals surface area (Å²) in [6.45, 7) is 1.33. The first-order chi connectivity index (χ1) is 8.17. The zero-order valence-electron chi connectivity index (χ0n) is 9.28. The van der Waals surface area contributed by atoms with Gasteiger partial charge in [-0.2, -0.15) is 0 Å². The molecule has 1 aromatic carbocycles. The molecule has 2 heterocycles. The number of benzene rings is 1. The van der Waals surface area contributed by atoms with E-state index in [0.29, 0.717) is 18.7 Å². The topological polar surface area (TPSA) is 48.1 Å². The van der Waals surface area contributed by atoms with Crippen molar-refractivity contribution in [2.75, 3.05) is 13.2 Å². The molecule has 0 aliphatic carbocycles. The number of thiazole rings is 1. The summed E-state index contributed by atoms with van der Waals surface area (Å²) in [4.78, 5) is 4.47. The zero-order chi connectivity index (χ0) is 11.9. The summed E-state index contributed by atoms with van der Waals surface area (Å²) in [6.07, 6.45) is 1.55. The van der Waals surface area contributed by atoms with Crippen LogP contribution in [0.15, 0.2) is 18.2 Å². The van der Waals surface area contributed by atoms with Crippen molar-refractivity contribution in [3.63, 3.8) is 0 Å². The second-order valence-electron chi connectivity index (χ2n) is 4.40. The number of hydrogen-bond donors (Lipinski definition) is 1. The molecule has 90 valence electrons. The van der Waals surface area contributed by atoms with Crippen LogP contribution in [0.3, 0.4) is 0 Å². The average molecular weight is 252 g/mol. The van der Waals surface area contributed by atoms with E-state index < -0.39 is 5.54 Å². The van der Waals surface area contributed by atoms with E-state index in [2.05, 4.69) is 4.98 Å². The van der Waals surface area contributed by atoms with Gasteiger partial charge in [0, 0.05) is 19.3 Å². The van der Waals surface area contributed by atoms with Gasteiger partial charge in [-0.3, -0.25) is 0 Å². The monoisotopic (exact) mass is 252 g/mol. The normalized spacial score (nSPS) is 19.6. The molecule has 0 atom stereocenters. The van der Waals surface area contributed by atoms with Gasteiger partial charge in [0.25, 0.3) is 0 Å². The number of fused-ring (bicyclic) bond motifs is 1. The first kappa shape index (κ1) is 11.1. The molecule has 0 unspecified atom stereocenters. The fourth-order valence-corrected chi connectivity index (χ4v) is 3.17. The maximum Gasteiger partial charge on any atom is 0.125 e. The van der Waals surface area contributed by atoms with Crippen LogP contribution in [0.5, 0.6) is 0 Å². The van der Waals surface area contributed by atoms with Crippen LogP contribution in [0.4, 0.5) is 4.39 Å². The molecule has 1 aliphatic rings. The standard InChI is InChI=1S/C12H13FN2OS/c13-8-1-2-10-9(7-8)15-11(17-10)12(14)3-5-16-6-4-12/h1-2,7H,3-6,14H2. The maximum absolute atomic E-state index is 13.1. The Morgan fingerprint density at radius 2 is 2.12 bits per heavy atom. The predicted octanol–water partition coefficient (Wildman–Crippen LogP) is 2.40. The van der Waals surface area contributed by atoms with E-state index >= 15 is 0 Å². The van der Waals surface area contributed by atoms with Crippen LogP contribution in [-0.4, -0.2) is 18.2 Å². The van der Waals surface area contributed by atoms with Crippen molar-refractivity contribution in [2.45, 2.75) is 18.4 Å². The van der Waals surface area contributed by atoms with Gasteiger partial charge in [-0.05, 0) is 25.0 Å². The van der Waals surface area contributed by atoms with Crippen molar-refractivity contribution >= 4 is 21.6 Å². The minimum absolute atomic E-state index is 0.257. The molecule has 0 radical (unpaired) electrons. The minimum atomic E-state index is -0.404. The lowest BCUT2D eigenvalue weighted by molar-refractivity contribution is 0.0522. The van der Waals surface area contributed by atoms with E-state index in [1.165, 1.54) is 12.1 Å². The molecule has 1 saturated heterocycles. The number of ether oxygens (including phenoxy) is 1. The van der Waals surface area contributed by atoms with E-state index in [1.54, 1.807) is 17.4 Å². The van der Waals surface area contributed by atoms with Gasteiger partial charge in [-0.1, -0.05) is 0 Å². The molecular weight excluding hydrogens is 239 g/mol. The maximum atomic E-state index is 13.1. The summed E-state index contributed by atoms with van der Waals surface area (Å²) in [5, 5.41) is 0.890. The third kappa shape index (κ3) is 1.94. The predicted molar refractivity (Wildman–Crippen MR) is 65.5 cm³/mol. The lowest BCUT2D eigenvalue weighted by Gasteiger charge is -2.31. The van der Waals surface area contributed by atoms with Crippen molar-refractivity contribution in [3.8, 4) is 0 Å². The Bertz CT molecular complexity index is 548. The number of nitrogens with zero attached hydrogens (tertiary/aromatic N) is 1. The van der Waals surface area contributed by atoms with Gasteiger partial charge in [-0.15, -0.1) is 11.3 Å². The fraction of sp³-hybridized carbons (Fsp3) is 0.417. The minimum Gasteiger partial charge on any atom is -0.381 e. The van der Waals surface area contributed by atoms with Crippen molar-refractivity contribution in [3.05, 3.63) is 29.0 Å². The van der Waals surface area contributed by atoms with Gasteiger partial charge >= 0.3 is 0 Å². The molecule has 1 fully saturated rings. The van der Waals surface area contributed by atoms with Gasteiger partial charge in [0.05, 0.1) is 15.8 Å². The Labute approximate surface area is 102 Å². The second-order valence-corrected chi connectivity index (χ2v) is 5.43. The van der Waals surface area contributed by atoms with Crippen molar-refractivity contribution in [1.29, 1.82) is 0 Å². The Balaban J connectivity index is 2.05. The molecule has 3 nitrogen and oxygen atoms in total. The number of nitrogens with two attached hydrogens (primary N) is 1. The van der Waals surface area contributed by atoms with E-state index in [9.17, 15) is 4.39 Å². The first-order valence-electron chi connectivity index (χ1n) is 5.61. The van der Waals surface area contributed by atoms with Gasteiger partial charge < -0.3 is 10.5 Å².